The number of anilines is 1. The lowest BCUT2D eigenvalue weighted by molar-refractivity contribution is -0.164. The molecule has 2 aromatic heterocycles. The van der Waals surface area contributed by atoms with Crippen molar-refractivity contribution in [3.8, 4) is 5.75 Å². The number of methoxy groups -OCH3 is 1. The quantitative estimate of drug-likeness (QED) is 0.200. The van der Waals surface area contributed by atoms with Crippen LogP contribution in [-0.4, -0.2) is 82.4 Å². The molecule has 1 aliphatic heterocycles. The monoisotopic (exact) mass is 622 g/mol. The topological polar surface area (TPSA) is 135 Å². The fraction of sp³-hybridized carbons (Fsp3) is 0.500. The van der Waals surface area contributed by atoms with Crippen molar-refractivity contribution in [3.05, 3.63) is 71.6 Å². The van der Waals surface area contributed by atoms with Crippen LogP contribution >= 0.6 is 0 Å². The summed E-state index contributed by atoms with van der Waals surface area (Å²) in [5, 5.41) is 27.9. The van der Waals surface area contributed by atoms with Gasteiger partial charge in [0.2, 0.25) is 0 Å². The second kappa shape index (κ2) is 14.0. The zero-order chi connectivity index (χ0) is 32.9. The predicted molar refractivity (Wildman–Crippen MR) is 172 cm³/mol. The lowest BCUT2D eigenvalue weighted by atomic mass is 9.91. The summed E-state index contributed by atoms with van der Waals surface area (Å²) in [6.07, 6.45) is 3.24. The molecule has 1 saturated heterocycles. The first-order valence-electron chi connectivity index (χ1n) is 15.3. The van der Waals surface area contributed by atoms with Crippen LogP contribution in [0.2, 0.25) is 0 Å². The first-order chi connectivity index (χ1) is 21.2. The number of phenols is 1. The molecule has 3 N–H and O–H groups in total. The average Bonchev–Trinajstić information content (AvgIpc) is 3.42. The Morgan fingerprint density at radius 1 is 1.22 bits per heavy atom. The lowest BCUT2D eigenvalue weighted by Gasteiger charge is -2.41. The van der Waals surface area contributed by atoms with Crippen molar-refractivity contribution in [2.45, 2.75) is 77.3 Å². The SMILES string of the molecule is C=CCOC1(C)CCN(c2c([C@H](OC(C)(C)C)C(=O)OC)c(C)cn3nc(C(=O)NCC(O)Cc4ccccc4O)cc23)CC1. The first-order valence-corrected chi connectivity index (χ1v) is 15.3. The number of fused-ring (bicyclic) bond motifs is 1. The number of para-hydroxylation sites is 1. The molecular formula is C34H46N4O7. The highest BCUT2D eigenvalue weighted by Gasteiger charge is 2.37. The number of benzene rings is 1. The van der Waals surface area contributed by atoms with E-state index >= 15 is 0 Å². The standard InChI is InChI=1S/C34H46N4O7/c1-8-17-44-34(6)13-15-37(16-14-34)29-26-19-25(31(41)35-20-24(39)18-23-11-9-10-12-27(23)40)36-38(26)21-22(2)28(29)30(32(42)43-7)45-33(3,4)5/h8-12,19,21,24,30,39-40H,1,13-18,20H2,2-7H3,(H,35,41)/t24?,30-/m0/s1. The number of aromatic hydroxyl groups is 1. The molecule has 1 amide bonds. The molecule has 2 atom stereocenters. The Labute approximate surface area is 264 Å². The van der Waals surface area contributed by atoms with Crippen molar-refractivity contribution in [2.24, 2.45) is 0 Å². The third-order valence-corrected chi connectivity index (χ3v) is 7.99. The number of nitrogens with zero attached hydrogens (tertiary/aromatic N) is 3. The molecule has 3 aromatic rings. The molecule has 244 valence electrons. The fourth-order valence-electron chi connectivity index (χ4n) is 5.63. The number of phenolic OH excluding ortho intramolecular Hbond substituents is 1. The minimum Gasteiger partial charge on any atom is -0.508 e. The van der Waals surface area contributed by atoms with Crippen molar-refractivity contribution in [3.63, 3.8) is 0 Å². The summed E-state index contributed by atoms with van der Waals surface area (Å²) in [6.45, 7) is 15.1. The van der Waals surface area contributed by atoms with Gasteiger partial charge in [-0.3, -0.25) is 4.79 Å². The van der Waals surface area contributed by atoms with Crippen LogP contribution in [0.5, 0.6) is 5.75 Å². The van der Waals surface area contributed by atoms with E-state index in [9.17, 15) is 19.8 Å². The van der Waals surface area contributed by atoms with Crippen molar-refractivity contribution in [1.29, 1.82) is 0 Å². The number of carbonyl (C=O) groups excluding carboxylic acids is 2. The smallest absolute Gasteiger partial charge is 0.339 e. The molecule has 1 unspecified atom stereocenters. The normalized spacial score (nSPS) is 16.3. The van der Waals surface area contributed by atoms with Crippen LogP contribution in [-0.2, 0) is 25.4 Å². The van der Waals surface area contributed by atoms with Crippen LogP contribution in [0.25, 0.3) is 5.52 Å². The molecule has 11 nitrogen and oxygen atoms in total. The molecule has 0 aliphatic carbocycles. The fourth-order valence-corrected chi connectivity index (χ4v) is 5.63. The van der Waals surface area contributed by atoms with Crippen molar-refractivity contribution in [2.75, 3.05) is 38.3 Å². The number of hydrogen-bond acceptors (Lipinski definition) is 9. The molecule has 1 fully saturated rings. The summed E-state index contributed by atoms with van der Waals surface area (Å²) in [5.74, 6) is -0.890. The third-order valence-electron chi connectivity index (χ3n) is 7.99. The summed E-state index contributed by atoms with van der Waals surface area (Å²) in [7, 11) is 1.34. The number of pyridine rings is 1. The van der Waals surface area contributed by atoms with Gasteiger partial charge in [0.15, 0.2) is 11.8 Å². The number of rotatable bonds is 12. The van der Waals surface area contributed by atoms with E-state index in [0.717, 1.165) is 24.1 Å². The molecule has 3 heterocycles. The molecule has 1 aromatic carbocycles. The Kier molecular flexibility index (Phi) is 10.6. The maximum atomic E-state index is 13.3. The Morgan fingerprint density at radius 3 is 2.53 bits per heavy atom. The minimum atomic E-state index is -1.02. The highest BCUT2D eigenvalue weighted by atomic mass is 16.6. The van der Waals surface area contributed by atoms with Crippen LogP contribution in [0.15, 0.2) is 49.2 Å². The second-order valence-corrected chi connectivity index (χ2v) is 12.8. The summed E-state index contributed by atoms with van der Waals surface area (Å²) in [5.41, 5.74) is 2.55. The largest absolute Gasteiger partial charge is 0.508 e. The maximum Gasteiger partial charge on any atom is 0.339 e. The Bertz CT molecular complexity index is 1520. The summed E-state index contributed by atoms with van der Waals surface area (Å²) < 4.78 is 19.3. The number of aryl methyl sites for hydroxylation is 1. The van der Waals surface area contributed by atoms with Gasteiger partial charge in [0.1, 0.15) is 5.75 Å². The number of esters is 1. The van der Waals surface area contributed by atoms with Gasteiger partial charge in [-0.15, -0.1) is 6.58 Å². The second-order valence-electron chi connectivity index (χ2n) is 12.8. The van der Waals surface area contributed by atoms with E-state index in [0.29, 0.717) is 36.3 Å². The zero-order valence-corrected chi connectivity index (χ0v) is 27.1. The average molecular weight is 623 g/mol. The number of hydrogen-bond donors (Lipinski definition) is 3. The first kappa shape index (κ1) is 34.0. The van der Waals surface area contributed by atoms with E-state index in [1.165, 1.54) is 7.11 Å². The van der Waals surface area contributed by atoms with Crippen LogP contribution in [0.3, 0.4) is 0 Å². The molecule has 0 saturated carbocycles. The number of amides is 1. The van der Waals surface area contributed by atoms with Gasteiger partial charge in [-0.2, -0.15) is 5.10 Å². The number of piperidine rings is 1. The van der Waals surface area contributed by atoms with Crippen molar-refractivity contribution in [1.82, 2.24) is 14.9 Å². The maximum absolute atomic E-state index is 13.3. The number of aliphatic hydroxyl groups excluding tert-OH is 1. The van der Waals surface area contributed by atoms with Gasteiger partial charge in [-0.25, -0.2) is 9.31 Å². The van der Waals surface area contributed by atoms with Gasteiger partial charge in [0.25, 0.3) is 5.91 Å². The van der Waals surface area contributed by atoms with Gasteiger partial charge < -0.3 is 34.6 Å². The third kappa shape index (κ3) is 8.22. The van der Waals surface area contributed by atoms with Crippen molar-refractivity contribution >= 4 is 23.1 Å². The van der Waals surface area contributed by atoms with Gasteiger partial charge in [0, 0.05) is 37.8 Å². The Morgan fingerprint density at radius 2 is 1.91 bits per heavy atom. The number of aromatic nitrogens is 2. The summed E-state index contributed by atoms with van der Waals surface area (Å²) >= 11 is 0. The summed E-state index contributed by atoms with van der Waals surface area (Å²) in [4.78, 5) is 28.7. The predicted octanol–water partition coefficient (Wildman–Crippen LogP) is 4.27. The summed E-state index contributed by atoms with van der Waals surface area (Å²) in [6, 6.07) is 8.46. The highest BCUT2D eigenvalue weighted by molar-refractivity contribution is 5.95. The van der Waals surface area contributed by atoms with E-state index in [-0.39, 0.29) is 30.0 Å². The van der Waals surface area contributed by atoms with Crippen LogP contribution in [0, 0.1) is 6.92 Å². The highest BCUT2D eigenvalue weighted by Crippen LogP contribution is 2.40. The molecule has 45 heavy (non-hydrogen) atoms. The molecule has 4 rings (SSSR count). The number of aliphatic hydroxyl groups is 1. The molecular weight excluding hydrogens is 576 g/mol. The number of nitrogens with one attached hydrogen (secondary N) is 1. The Balaban J connectivity index is 1.70. The van der Waals surface area contributed by atoms with Crippen molar-refractivity contribution < 1.29 is 34.0 Å². The van der Waals surface area contributed by atoms with Crippen LogP contribution in [0.4, 0.5) is 5.69 Å². The van der Waals surface area contributed by atoms with Crippen LogP contribution in [0.1, 0.15) is 73.8 Å². The van der Waals surface area contributed by atoms with Gasteiger partial charge >= 0.3 is 5.97 Å². The molecule has 0 radical (unpaired) electrons. The molecule has 0 bridgehead atoms. The Hall–Kier alpha value is -3.93. The van der Waals surface area contributed by atoms with E-state index in [4.69, 9.17) is 14.2 Å². The van der Waals surface area contributed by atoms with Crippen LogP contribution < -0.4 is 10.2 Å². The number of carbonyl (C=O) groups is 2. The van der Waals surface area contributed by atoms with E-state index in [1.807, 2.05) is 27.7 Å². The molecule has 1 aliphatic rings. The van der Waals surface area contributed by atoms with E-state index in [1.54, 1.807) is 47.1 Å². The van der Waals surface area contributed by atoms with E-state index in [2.05, 4.69) is 28.8 Å². The van der Waals surface area contributed by atoms with Gasteiger partial charge in [-0.05, 0) is 70.7 Å². The van der Waals surface area contributed by atoms with E-state index < -0.39 is 29.7 Å². The number of ether oxygens (including phenoxy) is 3. The lowest BCUT2D eigenvalue weighted by Crippen LogP contribution is -2.45. The minimum absolute atomic E-state index is 0.0303. The molecule has 0 spiro atoms. The van der Waals surface area contributed by atoms with Gasteiger partial charge in [-0.1, -0.05) is 24.3 Å². The zero-order valence-electron chi connectivity index (χ0n) is 27.1. The van der Waals surface area contributed by atoms with Gasteiger partial charge in [0.05, 0.1) is 42.2 Å². The molecule has 11 heteroatoms.